The van der Waals surface area contributed by atoms with E-state index in [0.717, 1.165) is 36.4 Å². The third-order valence-corrected chi connectivity index (χ3v) is 6.53. The van der Waals surface area contributed by atoms with Crippen LogP contribution >= 0.6 is 11.3 Å². The average Bonchev–Trinajstić information content (AvgIpc) is 3.68. The summed E-state index contributed by atoms with van der Waals surface area (Å²) in [6.07, 6.45) is 3.02. The maximum Gasteiger partial charge on any atom is 0.280 e. The van der Waals surface area contributed by atoms with Crippen molar-refractivity contribution in [3.8, 4) is 34.5 Å². The highest BCUT2D eigenvalue weighted by Crippen LogP contribution is 2.35. The second-order valence-electron chi connectivity index (χ2n) is 8.51. The van der Waals surface area contributed by atoms with Gasteiger partial charge < -0.3 is 9.84 Å². The number of halogens is 2. The third kappa shape index (κ3) is 5.82. The number of aliphatic hydroxyl groups is 1. The van der Waals surface area contributed by atoms with Gasteiger partial charge in [0.25, 0.3) is 17.9 Å². The number of methoxy groups -OCH3 is 1. The van der Waals surface area contributed by atoms with Gasteiger partial charge in [-0.25, -0.2) is 13.8 Å². The Morgan fingerprint density at radius 3 is 2.74 bits per heavy atom. The van der Waals surface area contributed by atoms with Crippen molar-refractivity contribution in [1.29, 1.82) is 0 Å². The Morgan fingerprint density at radius 1 is 1.23 bits per heavy atom. The van der Waals surface area contributed by atoms with Crippen LogP contribution in [0.25, 0.3) is 16.9 Å². The quantitative estimate of drug-likeness (QED) is 0.334. The molecule has 1 amide bonds. The van der Waals surface area contributed by atoms with Crippen LogP contribution in [0.3, 0.4) is 0 Å². The zero-order valence-electron chi connectivity index (χ0n) is 20.4. The number of hydrogen-bond acceptors (Lipinski definition) is 9. The van der Waals surface area contributed by atoms with Gasteiger partial charge in [-0.15, -0.1) is 10.2 Å². The van der Waals surface area contributed by atoms with E-state index in [1.54, 1.807) is 0 Å². The lowest BCUT2D eigenvalue weighted by molar-refractivity contribution is 0.102. The highest BCUT2D eigenvalue weighted by atomic mass is 32.1. The van der Waals surface area contributed by atoms with Crippen LogP contribution in [0.4, 0.5) is 13.9 Å². The standard InChI is InChI=1S/C26H20F2N6O4S/c1-38-20-12-29-19(24(27)28)9-17(20)16-10-21(34-7-6-15(13-35)8-23(34)36)30-11-18(16)25(37)31-26-33-32-22(39-26)5-4-14-2-3-14/h6-12,14,24,35H,2-3,13H2,1H3,(H,31,33,37). The predicted octanol–water partition coefficient (Wildman–Crippen LogP) is 3.60. The van der Waals surface area contributed by atoms with Gasteiger partial charge in [-0.2, -0.15) is 0 Å². The highest BCUT2D eigenvalue weighted by Gasteiger charge is 2.22. The number of ether oxygens (including phenoxy) is 1. The molecule has 1 fully saturated rings. The number of aromatic nitrogens is 5. The number of carbonyl (C=O) groups is 1. The van der Waals surface area contributed by atoms with E-state index < -0.39 is 23.6 Å². The van der Waals surface area contributed by atoms with Crippen LogP contribution in [-0.2, 0) is 6.61 Å². The molecule has 0 aromatic carbocycles. The molecule has 4 aromatic heterocycles. The van der Waals surface area contributed by atoms with Crippen LogP contribution in [-0.4, -0.2) is 42.9 Å². The Kier molecular flexibility index (Phi) is 7.40. The Balaban J connectivity index is 1.58. The van der Waals surface area contributed by atoms with Crippen LogP contribution in [0.5, 0.6) is 5.75 Å². The predicted molar refractivity (Wildman–Crippen MR) is 138 cm³/mol. The first-order chi connectivity index (χ1) is 18.9. The normalized spacial score (nSPS) is 12.6. The van der Waals surface area contributed by atoms with E-state index in [1.165, 1.54) is 42.3 Å². The second-order valence-corrected chi connectivity index (χ2v) is 9.49. The summed E-state index contributed by atoms with van der Waals surface area (Å²) in [4.78, 5) is 34.0. The minimum Gasteiger partial charge on any atom is -0.494 e. The van der Waals surface area contributed by atoms with Gasteiger partial charge in [0.2, 0.25) is 5.13 Å². The summed E-state index contributed by atoms with van der Waals surface area (Å²) in [6.45, 7) is -0.321. The van der Waals surface area contributed by atoms with Crippen LogP contribution in [0, 0.1) is 17.8 Å². The first-order valence-electron chi connectivity index (χ1n) is 11.7. The molecule has 198 valence electrons. The van der Waals surface area contributed by atoms with E-state index in [-0.39, 0.29) is 40.0 Å². The number of nitrogens with one attached hydrogen (secondary N) is 1. The van der Waals surface area contributed by atoms with Crippen molar-refractivity contribution in [3.05, 3.63) is 75.0 Å². The van der Waals surface area contributed by atoms with Crippen molar-refractivity contribution in [2.45, 2.75) is 25.9 Å². The molecule has 4 aromatic rings. The number of amides is 1. The minimum absolute atomic E-state index is 0.00399. The van der Waals surface area contributed by atoms with E-state index in [9.17, 15) is 23.5 Å². The largest absolute Gasteiger partial charge is 0.494 e. The molecule has 4 heterocycles. The number of pyridine rings is 3. The molecule has 1 aliphatic rings. The number of rotatable bonds is 7. The third-order valence-electron chi connectivity index (χ3n) is 5.78. The van der Waals surface area contributed by atoms with Gasteiger partial charge in [0.1, 0.15) is 17.3 Å². The fourth-order valence-corrected chi connectivity index (χ4v) is 4.22. The number of alkyl halides is 2. The van der Waals surface area contributed by atoms with Crippen molar-refractivity contribution in [3.63, 3.8) is 0 Å². The van der Waals surface area contributed by atoms with Gasteiger partial charge >= 0.3 is 0 Å². The molecule has 1 saturated carbocycles. The minimum atomic E-state index is -2.88. The maximum atomic E-state index is 13.5. The van der Waals surface area contributed by atoms with Crippen molar-refractivity contribution < 1.29 is 23.4 Å². The van der Waals surface area contributed by atoms with Gasteiger partial charge in [0, 0.05) is 35.5 Å². The molecule has 0 aliphatic heterocycles. The van der Waals surface area contributed by atoms with Gasteiger partial charge in [0.15, 0.2) is 5.01 Å². The number of anilines is 1. The summed E-state index contributed by atoms with van der Waals surface area (Å²) >= 11 is 1.10. The first-order valence-corrected chi connectivity index (χ1v) is 12.5. The summed E-state index contributed by atoms with van der Waals surface area (Å²) in [7, 11) is 1.34. The summed E-state index contributed by atoms with van der Waals surface area (Å²) in [6, 6.07) is 5.30. The van der Waals surface area contributed by atoms with Crippen LogP contribution in [0.2, 0.25) is 0 Å². The summed E-state index contributed by atoms with van der Waals surface area (Å²) in [5.41, 5.74) is -0.295. The zero-order valence-corrected chi connectivity index (χ0v) is 21.2. The molecule has 13 heteroatoms. The van der Waals surface area contributed by atoms with E-state index in [1.807, 2.05) is 0 Å². The molecule has 10 nitrogen and oxygen atoms in total. The van der Waals surface area contributed by atoms with Crippen molar-refractivity contribution >= 4 is 22.4 Å². The maximum absolute atomic E-state index is 13.5. The van der Waals surface area contributed by atoms with E-state index in [4.69, 9.17) is 4.74 Å². The fraction of sp³-hybridized carbons (Fsp3) is 0.231. The van der Waals surface area contributed by atoms with Crippen molar-refractivity contribution in [2.75, 3.05) is 12.4 Å². The first kappa shape index (κ1) is 26.1. The van der Waals surface area contributed by atoms with Crippen LogP contribution in [0.1, 0.15) is 45.9 Å². The molecule has 0 atom stereocenters. The number of hydrogen-bond donors (Lipinski definition) is 2. The summed E-state index contributed by atoms with van der Waals surface area (Å²) in [5.74, 6) is 5.99. The monoisotopic (exact) mass is 550 g/mol. The molecule has 0 saturated heterocycles. The lowest BCUT2D eigenvalue weighted by Gasteiger charge is -2.15. The average molecular weight is 551 g/mol. The van der Waals surface area contributed by atoms with Gasteiger partial charge in [-0.3, -0.25) is 24.5 Å². The van der Waals surface area contributed by atoms with Crippen molar-refractivity contribution in [1.82, 2.24) is 24.7 Å². The molecule has 0 unspecified atom stereocenters. The molecule has 0 spiro atoms. The molecule has 0 bridgehead atoms. The van der Waals surface area contributed by atoms with Crippen molar-refractivity contribution in [2.24, 2.45) is 5.92 Å². The number of nitrogens with zero attached hydrogens (tertiary/aromatic N) is 5. The van der Waals surface area contributed by atoms with Gasteiger partial charge in [-0.1, -0.05) is 17.3 Å². The Bertz CT molecular complexity index is 1670. The van der Waals surface area contributed by atoms with Crippen LogP contribution < -0.4 is 15.6 Å². The molecule has 0 radical (unpaired) electrons. The van der Waals surface area contributed by atoms with E-state index in [0.29, 0.717) is 16.5 Å². The van der Waals surface area contributed by atoms with E-state index in [2.05, 4.69) is 37.3 Å². The van der Waals surface area contributed by atoms with E-state index >= 15 is 0 Å². The van der Waals surface area contributed by atoms with Gasteiger partial charge in [0.05, 0.1) is 25.5 Å². The SMILES string of the molecule is COc1cnc(C(F)F)cc1-c1cc(-n2ccc(CO)cc2=O)ncc1C(=O)Nc1nnc(C#CC2CC2)s1. The van der Waals surface area contributed by atoms with Gasteiger partial charge in [-0.05, 0) is 42.5 Å². The van der Waals surface area contributed by atoms with Crippen LogP contribution in [0.15, 0.2) is 47.7 Å². The Labute approximate surface area is 224 Å². The molecule has 5 rings (SSSR count). The molecule has 39 heavy (non-hydrogen) atoms. The zero-order chi connectivity index (χ0) is 27.5. The summed E-state index contributed by atoms with van der Waals surface area (Å²) in [5, 5.41) is 20.6. The summed E-state index contributed by atoms with van der Waals surface area (Å²) < 4.78 is 33.6. The highest BCUT2D eigenvalue weighted by molar-refractivity contribution is 7.15. The fourth-order valence-electron chi connectivity index (χ4n) is 3.62. The Morgan fingerprint density at radius 2 is 2.05 bits per heavy atom. The lowest BCUT2D eigenvalue weighted by atomic mass is 10.00. The lowest BCUT2D eigenvalue weighted by Crippen LogP contribution is -2.20. The molecular formula is C26H20F2N6O4S. The number of carbonyl (C=O) groups excluding carboxylic acids is 1. The second kappa shape index (κ2) is 11.1. The number of aliphatic hydroxyl groups excluding tert-OH is 1. The molecular weight excluding hydrogens is 530 g/mol. The Hall–Kier alpha value is -4.54. The molecule has 2 N–H and O–H groups in total. The topological polar surface area (TPSA) is 132 Å². The molecule has 1 aliphatic carbocycles. The smallest absolute Gasteiger partial charge is 0.280 e.